The van der Waals surface area contributed by atoms with Gasteiger partial charge in [0.05, 0.1) is 5.92 Å². The number of rotatable bonds is 3. The Labute approximate surface area is 104 Å². The molecule has 3 nitrogen and oxygen atoms in total. The van der Waals surface area contributed by atoms with Gasteiger partial charge in [-0.05, 0) is 23.6 Å². The maximum Gasteiger partial charge on any atom is 0.307 e. The Morgan fingerprint density at radius 3 is 2.88 bits per heavy atom. The van der Waals surface area contributed by atoms with Crippen molar-refractivity contribution in [3.05, 3.63) is 34.3 Å². The fourth-order valence-electron chi connectivity index (χ4n) is 2.10. The summed E-state index contributed by atoms with van der Waals surface area (Å²) in [4.78, 5) is 10.8. The van der Waals surface area contributed by atoms with Crippen LogP contribution in [0.15, 0.2) is 18.2 Å². The summed E-state index contributed by atoms with van der Waals surface area (Å²) in [5, 5.41) is 12.5. The van der Waals surface area contributed by atoms with E-state index in [0.717, 1.165) is 5.56 Å². The quantitative estimate of drug-likeness (QED) is 0.875. The monoisotopic (exact) mass is 257 g/mol. The molecule has 2 N–H and O–H groups in total. The van der Waals surface area contributed by atoms with Crippen molar-refractivity contribution in [3.8, 4) is 0 Å². The Balaban J connectivity index is 2.16. The number of benzene rings is 1. The van der Waals surface area contributed by atoms with Gasteiger partial charge < -0.3 is 10.4 Å². The molecule has 1 aromatic carbocycles. The zero-order valence-electron chi connectivity index (χ0n) is 9.12. The zero-order valence-corrected chi connectivity index (χ0v) is 9.88. The van der Waals surface area contributed by atoms with Gasteiger partial charge in [-0.15, -0.1) is 0 Å². The van der Waals surface area contributed by atoms with Crippen molar-refractivity contribution >= 4 is 17.6 Å². The summed E-state index contributed by atoms with van der Waals surface area (Å²) < 4.78 is 12.4. The van der Waals surface area contributed by atoms with Crippen LogP contribution in [0.1, 0.15) is 23.6 Å². The van der Waals surface area contributed by atoms with E-state index in [-0.39, 0.29) is 12.0 Å². The van der Waals surface area contributed by atoms with E-state index in [2.05, 4.69) is 5.32 Å². The lowest BCUT2D eigenvalue weighted by Crippen LogP contribution is -2.17. The van der Waals surface area contributed by atoms with Crippen LogP contribution in [0, 0.1) is 5.92 Å². The summed E-state index contributed by atoms with van der Waals surface area (Å²) in [7, 11) is 0. The molecule has 0 radical (unpaired) electrons. The van der Waals surface area contributed by atoms with Crippen molar-refractivity contribution in [1.82, 2.24) is 5.32 Å². The second-order valence-electron chi connectivity index (χ2n) is 4.22. The van der Waals surface area contributed by atoms with Gasteiger partial charge in [0.1, 0.15) is 6.67 Å². The maximum absolute atomic E-state index is 12.4. The molecule has 0 spiro atoms. The Kier molecular flexibility index (Phi) is 3.64. The van der Waals surface area contributed by atoms with E-state index in [1.54, 1.807) is 18.2 Å². The van der Waals surface area contributed by atoms with Gasteiger partial charge in [-0.1, -0.05) is 23.7 Å². The largest absolute Gasteiger partial charge is 0.481 e. The van der Waals surface area contributed by atoms with Crippen molar-refractivity contribution in [2.45, 2.75) is 19.1 Å². The lowest BCUT2D eigenvalue weighted by atomic mass is 9.99. The zero-order chi connectivity index (χ0) is 12.4. The third kappa shape index (κ3) is 2.58. The summed E-state index contributed by atoms with van der Waals surface area (Å²) in [6, 6.07) is 4.97. The number of hydrogen-bond donors (Lipinski definition) is 2. The molecule has 2 rings (SSSR count). The van der Waals surface area contributed by atoms with Crippen LogP contribution in [-0.4, -0.2) is 17.6 Å². The molecule has 0 saturated carbocycles. The number of carboxylic acids is 1. The van der Waals surface area contributed by atoms with Crippen molar-refractivity contribution in [3.63, 3.8) is 0 Å². The molecule has 1 heterocycles. The number of nitrogens with one attached hydrogen (secondary N) is 1. The fourth-order valence-corrected chi connectivity index (χ4v) is 2.43. The minimum Gasteiger partial charge on any atom is -0.481 e. The lowest BCUT2D eigenvalue weighted by molar-refractivity contribution is -0.141. The Morgan fingerprint density at radius 1 is 1.59 bits per heavy atom. The average Bonchev–Trinajstić information content (AvgIpc) is 2.78. The van der Waals surface area contributed by atoms with Crippen LogP contribution in [-0.2, 0) is 11.5 Å². The molecule has 0 aromatic heterocycles. The van der Waals surface area contributed by atoms with Crippen molar-refractivity contribution in [2.24, 2.45) is 5.92 Å². The first-order valence-corrected chi connectivity index (χ1v) is 5.80. The van der Waals surface area contributed by atoms with Crippen LogP contribution in [0.4, 0.5) is 4.39 Å². The molecule has 1 aromatic rings. The molecule has 1 fully saturated rings. The normalized spacial score (nSPS) is 23.9. The standard InChI is InChI=1S/C12H13ClFNO2/c13-10-3-7(5-14)1-2-9(10)11-4-8(6-15-11)12(16)17/h1-3,8,11,15H,4-6H2,(H,16,17). The Hall–Kier alpha value is -1.13. The number of aliphatic carboxylic acids is 1. The van der Waals surface area contributed by atoms with E-state index < -0.39 is 12.6 Å². The Morgan fingerprint density at radius 2 is 2.35 bits per heavy atom. The highest BCUT2D eigenvalue weighted by molar-refractivity contribution is 6.31. The summed E-state index contributed by atoms with van der Waals surface area (Å²) in [6.45, 7) is -0.100. The van der Waals surface area contributed by atoms with Crippen LogP contribution in [0.2, 0.25) is 5.02 Å². The van der Waals surface area contributed by atoms with E-state index in [4.69, 9.17) is 16.7 Å². The molecule has 17 heavy (non-hydrogen) atoms. The minimum atomic E-state index is -0.795. The second kappa shape index (κ2) is 5.02. The van der Waals surface area contributed by atoms with Crippen LogP contribution >= 0.6 is 11.6 Å². The van der Waals surface area contributed by atoms with Gasteiger partial charge in [-0.3, -0.25) is 4.79 Å². The number of alkyl halides is 1. The van der Waals surface area contributed by atoms with Gasteiger partial charge in [0, 0.05) is 17.6 Å². The van der Waals surface area contributed by atoms with Gasteiger partial charge in [0.15, 0.2) is 0 Å². The average molecular weight is 258 g/mol. The number of carbonyl (C=O) groups is 1. The minimum absolute atomic E-state index is 0.0581. The fraction of sp³-hybridized carbons (Fsp3) is 0.417. The highest BCUT2D eigenvalue weighted by Gasteiger charge is 2.31. The van der Waals surface area contributed by atoms with E-state index in [0.29, 0.717) is 23.6 Å². The molecule has 1 saturated heterocycles. The van der Waals surface area contributed by atoms with Gasteiger partial charge in [0.25, 0.3) is 0 Å². The molecule has 2 atom stereocenters. The molecule has 1 aliphatic rings. The van der Waals surface area contributed by atoms with Gasteiger partial charge in [-0.2, -0.15) is 0 Å². The first kappa shape index (κ1) is 12.3. The van der Waals surface area contributed by atoms with Crippen molar-refractivity contribution in [2.75, 3.05) is 6.54 Å². The number of hydrogen-bond acceptors (Lipinski definition) is 2. The van der Waals surface area contributed by atoms with Crippen LogP contribution in [0.25, 0.3) is 0 Å². The van der Waals surface area contributed by atoms with Gasteiger partial charge in [0.2, 0.25) is 0 Å². The number of carboxylic acid groups (broad SMARTS) is 1. The highest BCUT2D eigenvalue weighted by Crippen LogP contribution is 2.32. The summed E-state index contributed by atoms with van der Waals surface area (Å²) in [5.41, 5.74) is 1.37. The SMILES string of the molecule is O=C(O)C1CNC(c2ccc(CF)cc2Cl)C1. The molecular formula is C12H13ClFNO2. The second-order valence-corrected chi connectivity index (χ2v) is 4.63. The summed E-state index contributed by atoms with van der Waals surface area (Å²) in [5.74, 6) is -1.17. The maximum atomic E-state index is 12.4. The van der Waals surface area contributed by atoms with E-state index in [9.17, 15) is 9.18 Å². The third-order valence-electron chi connectivity index (χ3n) is 3.07. The molecule has 0 aliphatic carbocycles. The molecule has 92 valence electrons. The predicted molar refractivity (Wildman–Crippen MR) is 62.8 cm³/mol. The number of halogens is 2. The van der Waals surface area contributed by atoms with Crippen molar-refractivity contribution in [1.29, 1.82) is 0 Å². The van der Waals surface area contributed by atoms with Gasteiger partial charge in [-0.25, -0.2) is 4.39 Å². The smallest absolute Gasteiger partial charge is 0.307 e. The molecule has 2 unspecified atom stereocenters. The predicted octanol–water partition coefficient (Wildman–Crippen LogP) is 2.54. The first-order valence-electron chi connectivity index (χ1n) is 5.42. The van der Waals surface area contributed by atoms with E-state index >= 15 is 0 Å². The third-order valence-corrected chi connectivity index (χ3v) is 3.40. The van der Waals surface area contributed by atoms with Crippen molar-refractivity contribution < 1.29 is 14.3 Å². The van der Waals surface area contributed by atoms with Crippen LogP contribution in [0.3, 0.4) is 0 Å². The topological polar surface area (TPSA) is 49.3 Å². The van der Waals surface area contributed by atoms with Crippen LogP contribution in [0.5, 0.6) is 0 Å². The Bertz CT molecular complexity index is 439. The van der Waals surface area contributed by atoms with E-state index in [1.165, 1.54) is 0 Å². The van der Waals surface area contributed by atoms with Gasteiger partial charge >= 0.3 is 5.97 Å². The van der Waals surface area contributed by atoms with Crippen LogP contribution < -0.4 is 5.32 Å². The molecule has 0 amide bonds. The summed E-state index contributed by atoms with van der Waals surface area (Å²) >= 11 is 6.06. The highest BCUT2D eigenvalue weighted by atomic mass is 35.5. The lowest BCUT2D eigenvalue weighted by Gasteiger charge is -2.13. The summed E-state index contributed by atoms with van der Waals surface area (Å²) in [6.07, 6.45) is 0.518. The first-order chi connectivity index (χ1) is 8.11. The molecule has 5 heteroatoms. The molecule has 0 bridgehead atoms. The molecular weight excluding hydrogens is 245 g/mol. The molecule has 1 aliphatic heterocycles. The van der Waals surface area contributed by atoms with E-state index in [1.807, 2.05) is 0 Å².